The third-order valence-electron chi connectivity index (χ3n) is 4.50. The predicted octanol–water partition coefficient (Wildman–Crippen LogP) is 2.39. The van der Waals surface area contributed by atoms with E-state index in [4.69, 9.17) is 0 Å². The number of hydrogen-bond acceptors (Lipinski definition) is 3. The molecule has 1 saturated heterocycles. The van der Waals surface area contributed by atoms with Crippen molar-refractivity contribution in [2.45, 2.75) is 50.5 Å². The van der Waals surface area contributed by atoms with Crippen molar-refractivity contribution in [1.29, 1.82) is 0 Å². The van der Waals surface area contributed by atoms with Crippen LogP contribution in [-0.2, 0) is 10.0 Å². The van der Waals surface area contributed by atoms with Crippen LogP contribution in [0.1, 0.15) is 49.9 Å². The minimum absolute atomic E-state index is 0.0168. The van der Waals surface area contributed by atoms with E-state index in [1.807, 2.05) is 4.90 Å². The first kappa shape index (κ1) is 16.5. The molecular formula is C17H24N2O3S. The Morgan fingerprint density at radius 3 is 2.43 bits per heavy atom. The number of nitrogens with one attached hydrogen (secondary N) is 1. The summed E-state index contributed by atoms with van der Waals surface area (Å²) in [5.74, 6) is -0.0168. The van der Waals surface area contributed by atoms with Crippen LogP contribution in [0.25, 0.3) is 0 Å². The molecule has 1 aliphatic heterocycles. The Hall–Kier alpha value is -1.40. The molecule has 0 bridgehead atoms. The normalized spacial score (nSPS) is 21.2. The average molecular weight is 336 g/mol. The number of piperidine rings is 1. The fourth-order valence-corrected chi connectivity index (χ4v) is 4.35. The van der Waals surface area contributed by atoms with Gasteiger partial charge in [0.2, 0.25) is 10.0 Å². The topological polar surface area (TPSA) is 66.5 Å². The van der Waals surface area contributed by atoms with Crippen molar-refractivity contribution in [2.24, 2.45) is 5.41 Å². The lowest BCUT2D eigenvalue weighted by Gasteiger charge is -2.38. The molecule has 6 heteroatoms. The fraction of sp³-hybridized carbons (Fsp3) is 0.588. The lowest BCUT2D eigenvalue weighted by atomic mass is 9.84. The second-order valence-corrected chi connectivity index (χ2v) is 9.13. The van der Waals surface area contributed by atoms with Crippen molar-refractivity contribution in [1.82, 2.24) is 9.62 Å². The largest absolute Gasteiger partial charge is 0.338 e. The Balaban J connectivity index is 1.72. The Morgan fingerprint density at radius 1 is 1.22 bits per heavy atom. The zero-order valence-corrected chi connectivity index (χ0v) is 14.5. The van der Waals surface area contributed by atoms with Gasteiger partial charge in [-0.2, -0.15) is 0 Å². The molecule has 1 heterocycles. The molecule has 1 amide bonds. The van der Waals surface area contributed by atoms with Gasteiger partial charge in [-0.1, -0.05) is 13.8 Å². The molecule has 2 fully saturated rings. The van der Waals surface area contributed by atoms with Gasteiger partial charge in [0.15, 0.2) is 0 Å². The minimum atomic E-state index is -3.46. The van der Waals surface area contributed by atoms with E-state index in [-0.39, 0.29) is 22.3 Å². The highest BCUT2D eigenvalue weighted by Gasteiger charge is 2.30. The van der Waals surface area contributed by atoms with Crippen LogP contribution in [-0.4, -0.2) is 38.4 Å². The standard InChI is InChI=1S/C17H24N2O3S/c1-17(2)10-3-11-19(12-17)16(20)13-4-8-15(9-5-13)23(21,22)18-14-6-7-14/h4-5,8-9,14,18H,3,6-7,10-12H2,1-2H3. The molecule has 23 heavy (non-hydrogen) atoms. The van der Waals surface area contributed by atoms with Crippen LogP contribution < -0.4 is 4.72 Å². The van der Waals surface area contributed by atoms with E-state index in [9.17, 15) is 13.2 Å². The number of hydrogen-bond donors (Lipinski definition) is 1. The van der Waals surface area contributed by atoms with Crippen LogP contribution in [0.4, 0.5) is 0 Å². The summed E-state index contributed by atoms with van der Waals surface area (Å²) in [6.45, 7) is 5.86. The highest BCUT2D eigenvalue weighted by atomic mass is 32.2. The maximum atomic E-state index is 12.6. The Kier molecular flexibility index (Phi) is 4.23. The van der Waals surface area contributed by atoms with Crippen LogP contribution in [0, 0.1) is 5.41 Å². The molecule has 3 rings (SSSR count). The van der Waals surface area contributed by atoms with Crippen molar-refractivity contribution < 1.29 is 13.2 Å². The zero-order valence-electron chi connectivity index (χ0n) is 13.7. The summed E-state index contributed by atoms with van der Waals surface area (Å²) in [5.41, 5.74) is 0.693. The molecule has 2 aliphatic rings. The van der Waals surface area contributed by atoms with Crippen molar-refractivity contribution in [2.75, 3.05) is 13.1 Å². The number of amides is 1. The van der Waals surface area contributed by atoms with Gasteiger partial charge in [-0.05, 0) is 55.4 Å². The third-order valence-corrected chi connectivity index (χ3v) is 6.03. The maximum Gasteiger partial charge on any atom is 0.253 e. The van der Waals surface area contributed by atoms with Gasteiger partial charge < -0.3 is 4.90 Å². The highest BCUT2D eigenvalue weighted by Crippen LogP contribution is 2.29. The summed E-state index contributed by atoms with van der Waals surface area (Å²) in [4.78, 5) is 14.7. The molecule has 126 valence electrons. The van der Waals surface area contributed by atoms with E-state index in [1.54, 1.807) is 12.1 Å². The number of benzene rings is 1. The SMILES string of the molecule is CC1(C)CCCN(C(=O)c2ccc(S(=O)(=O)NC3CC3)cc2)C1. The van der Waals surface area contributed by atoms with Crippen molar-refractivity contribution in [3.8, 4) is 0 Å². The van der Waals surface area contributed by atoms with E-state index in [0.29, 0.717) is 5.56 Å². The van der Waals surface area contributed by atoms with Gasteiger partial charge in [-0.3, -0.25) is 4.79 Å². The molecule has 1 aromatic rings. The number of rotatable bonds is 4. The predicted molar refractivity (Wildman–Crippen MR) is 88.7 cm³/mol. The third kappa shape index (κ3) is 3.93. The number of nitrogens with zero attached hydrogens (tertiary/aromatic N) is 1. The first-order valence-corrected chi connectivity index (χ1v) is 9.67. The van der Waals surface area contributed by atoms with Gasteiger partial charge in [0.1, 0.15) is 0 Å². The lowest BCUT2D eigenvalue weighted by Crippen LogP contribution is -2.43. The number of carbonyl (C=O) groups is 1. The summed E-state index contributed by atoms with van der Waals surface area (Å²) in [6.07, 6.45) is 3.94. The van der Waals surface area contributed by atoms with Crippen LogP contribution in [0.3, 0.4) is 0 Å². The molecule has 0 radical (unpaired) electrons. The molecule has 0 unspecified atom stereocenters. The minimum Gasteiger partial charge on any atom is -0.338 e. The monoisotopic (exact) mass is 336 g/mol. The van der Waals surface area contributed by atoms with Crippen LogP contribution in [0.15, 0.2) is 29.2 Å². The highest BCUT2D eigenvalue weighted by molar-refractivity contribution is 7.89. The van der Waals surface area contributed by atoms with Gasteiger partial charge >= 0.3 is 0 Å². The molecule has 0 spiro atoms. The van der Waals surface area contributed by atoms with Crippen LogP contribution >= 0.6 is 0 Å². The Labute approximate surface area is 138 Å². The Morgan fingerprint density at radius 2 is 1.87 bits per heavy atom. The Bertz CT molecular complexity index is 691. The van der Waals surface area contributed by atoms with Crippen LogP contribution in [0.2, 0.25) is 0 Å². The first-order valence-electron chi connectivity index (χ1n) is 8.19. The van der Waals surface area contributed by atoms with E-state index < -0.39 is 10.0 Å². The van der Waals surface area contributed by atoms with Gasteiger partial charge in [-0.25, -0.2) is 13.1 Å². The fourth-order valence-electron chi connectivity index (χ4n) is 3.04. The number of likely N-dealkylation sites (tertiary alicyclic amines) is 1. The zero-order chi connectivity index (χ0) is 16.7. The van der Waals surface area contributed by atoms with Crippen LogP contribution in [0.5, 0.6) is 0 Å². The molecule has 1 aliphatic carbocycles. The van der Waals surface area contributed by atoms with E-state index in [2.05, 4.69) is 18.6 Å². The first-order chi connectivity index (χ1) is 10.8. The van der Waals surface area contributed by atoms with Crippen molar-refractivity contribution in [3.63, 3.8) is 0 Å². The molecule has 1 aromatic carbocycles. The summed E-state index contributed by atoms with van der Waals surface area (Å²) >= 11 is 0. The summed E-state index contributed by atoms with van der Waals surface area (Å²) in [6, 6.07) is 6.36. The van der Waals surface area contributed by atoms with E-state index in [0.717, 1.165) is 38.8 Å². The summed E-state index contributed by atoms with van der Waals surface area (Å²) < 4.78 is 26.9. The van der Waals surface area contributed by atoms with Gasteiger partial charge in [0, 0.05) is 24.7 Å². The van der Waals surface area contributed by atoms with Crippen molar-refractivity contribution >= 4 is 15.9 Å². The number of carbonyl (C=O) groups excluding carboxylic acids is 1. The molecule has 1 saturated carbocycles. The second kappa shape index (κ2) is 5.91. The lowest BCUT2D eigenvalue weighted by molar-refractivity contribution is 0.0583. The van der Waals surface area contributed by atoms with E-state index >= 15 is 0 Å². The second-order valence-electron chi connectivity index (χ2n) is 7.41. The van der Waals surface area contributed by atoms with Gasteiger partial charge in [-0.15, -0.1) is 0 Å². The molecular weight excluding hydrogens is 312 g/mol. The summed E-state index contributed by atoms with van der Waals surface area (Å²) in [7, 11) is -3.46. The molecule has 0 atom stereocenters. The van der Waals surface area contributed by atoms with E-state index in [1.165, 1.54) is 12.1 Å². The molecule has 1 N–H and O–H groups in total. The van der Waals surface area contributed by atoms with Crippen molar-refractivity contribution in [3.05, 3.63) is 29.8 Å². The number of sulfonamides is 1. The maximum absolute atomic E-state index is 12.6. The quantitative estimate of drug-likeness (QED) is 0.918. The van der Waals surface area contributed by atoms with Gasteiger partial charge in [0.05, 0.1) is 4.90 Å². The smallest absolute Gasteiger partial charge is 0.253 e. The summed E-state index contributed by atoms with van der Waals surface area (Å²) in [5, 5.41) is 0. The average Bonchev–Trinajstić information content (AvgIpc) is 3.29. The molecule has 5 nitrogen and oxygen atoms in total. The van der Waals surface area contributed by atoms with Gasteiger partial charge in [0.25, 0.3) is 5.91 Å². The molecule has 0 aromatic heterocycles.